The third-order valence-electron chi connectivity index (χ3n) is 2.43. The Hall–Kier alpha value is -0.400. The van der Waals surface area contributed by atoms with Gasteiger partial charge >= 0.3 is 0 Å². The van der Waals surface area contributed by atoms with Gasteiger partial charge in [0.2, 0.25) is 0 Å². The largest absolute Gasteiger partial charge is 0.171 e. The van der Waals surface area contributed by atoms with Crippen LogP contribution in [0.15, 0.2) is 5.11 Å². The zero-order valence-corrected chi connectivity index (χ0v) is 7.17. The lowest BCUT2D eigenvalue weighted by Crippen LogP contribution is -2.11. The van der Waals surface area contributed by atoms with E-state index in [4.69, 9.17) is 0 Å². The molecule has 0 aromatic rings. The zero-order chi connectivity index (χ0) is 7.56. The third-order valence-corrected chi connectivity index (χ3v) is 2.43. The van der Waals surface area contributed by atoms with E-state index in [-0.39, 0.29) is 0 Å². The van der Waals surface area contributed by atoms with E-state index in [9.17, 15) is 0 Å². The van der Waals surface area contributed by atoms with E-state index < -0.39 is 0 Å². The first-order valence-electron chi connectivity index (χ1n) is 4.08. The fraction of sp³-hybridized carbons (Fsp3) is 1.00. The minimum absolute atomic E-state index is 0.826. The van der Waals surface area contributed by atoms with Gasteiger partial charge < -0.3 is 0 Å². The van der Waals surface area contributed by atoms with Gasteiger partial charge in [-0.25, -0.2) is 0 Å². The molecule has 0 aromatic heterocycles. The Morgan fingerprint density at radius 2 is 2.20 bits per heavy atom. The van der Waals surface area contributed by atoms with Gasteiger partial charge in [0.05, 0.1) is 7.05 Å². The van der Waals surface area contributed by atoms with Crippen molar-refractivity contribution in [2.24, 2.45) is 17.0 Å². The predicted octanol–water partition coefficient (Wildman–Crippen LogP) is 1.76. The summed E-state index contributed by atoms with van der Waals surface area (Å²) in [5.74, 6) is 1.70. The Bertz CT molecular complexity index is 138. The summed E-state index contributed by atoms with van der Waals surface area (Å²) in [4.78, 5) is 0. The average Bonchev–Trinajstić information content (AvgIpc) is 2.34. The van der Waals surface area contributed by atoms with Crippen LogP contribution in [0, 0.1) is 11.8 Å². The van der Waals surface area contributed by atoms with Crippen molar-refractivity contribution >= 4 is 0 Å². The van der Waals surface area contributed by atoms with Crippen molar-refractivity contribution in [3.8, 4) is 0 Å². The molecule has 1 fully saturated rings. The summed E-state index contributed by atoms with van der Waals surface area (Å²) in [6.07, 6.45) is 1.33. The maximum absolute atomic E-state index is 4.15. The minimum Gasteiger partial charge on any atom is -0.127 e. The van der Waals surface area contributed by atoms with Crippen molar-refractivity contribution in [2.75, 3.05) is 20.1 Å². The fourth-order valence-electron chi connectivity index (χ4n) is 1.49. The molecule has 1 heterocycles. The monoisotopic (exact) mass is 141 g/mol. The van der Waals surface area contributed by atoms with Crippen LogP contribution in [-0.4, -0.2) is 24.8 Å². The Kier molecular flexibility index (Phi) is 2.41. The van der Waals surface area contributed by atoms with E-state index in [2.05, 4.69) is 23.7 Å². The highest BCUT2D eigenvalue weighted by atomic mass is 15.3. The standard InChI is InChI=1S/C8H17N2/c1-7(2)8-4-5-10(6-8)9-3/h7-8H,4-6H2,1-3H3/q+1. The van der Waals surface area contributed by atoms with E-state index in [0.717, 1.165) is 11.8 Å². The lowest BCUT2D eigenvalue weighted by Gasteiger charge is -2.06. The number of rotatable bonds is 1. The van der Waals surface area contributed by atoms with Crippen molar-refractivity contribution < 1.29 is 4.70 Å². The second-order valence-electron chi connectivity index (χ2n) is 3.41. The maximum Gasteiger partial charge on any atom is 0.171 e. The molecular formula is C8H17N2+. The first-order valence-corrected chi connectivity index (χ1v) is 4.08. The Morgan fingerprint density at radius 1 is 1.50 bits per heavy atom. The fourth-order valence-corrected chi connectivity index (χ4v) is 1.49. The van der Waals surface area contributed by atoms with Crippen molar-refractivity contribution in [3.63, 3.8) is 0 Å². The van der Waals surface area contributed by atoms with Crippen molar-refractivity contribution in [2.45, 2.75) is 20.3 Å². The quantitative estimate of drug-likeness (QED) is 0.494. The average molecular weight is 141 g/mol. The second kappa shape index (κ2) is 3.13. The normalized spacial score (nSPS) is 30.4. The number of hydrogen-bond acceptors (Lipinski definition) is 1. The van der Waals surface area contributed by atoms with Gasteiger partial charge in [-0.1, -0.05) is 13.8 Å². The topological polar surface area (TPSA) is 15.4 Å². The van der Waals surface area contributed by atoms with E-state index >= 15 is 0 Å². The van der Waals surface area contributed by atoms with Crippen LogP contribution < -0.4 is 0 Å². The Labute approximate surface area is 62.9 Å². The van der Waals surface area contributed by atoms with Crippen LogP contribution in [0.25, 0.3) is 0 Å². The van der Waals surface area contributed by atoms with Crippen molar-refractivity contribution in [1.29, 1.82) is 0 Å². The summed E-state index contributed by atoms with van der Waals surface area (Å²) >= 11 is 0. The van der Waals surface area contributed by atoms with Crippen LogP contribution in [0.4, 0.5) is 0 Å². The highest BCUT2D eigenvalue weighted by molar-refractivity contribution is 4.64. The number of nitrogens with zero attached hydrogens (tertiary/aromatic N) is 2. The van der Waals surface area contributed by atoms with Gasteiger partial charge in [-0.05, 0) is 11.0 Å². The molecule has 1 unspecified atom stereocenters. The van der Waals surface area contributed by atoms with Crippen molar-refractivity contribution in [1.82, 2.24) is 0 Å². The smallest absolute Gasteiger partial charge is 0.127 e. The second-order valence-corrected chi connectivity index (χ2v) is 3.41. The SMILES string of the molecule is CN=[N+]1CCC(C(C)C)C1. The van der Waals surface area contributed by atoms with E-state index in [0.29, 0.717) is 0 Å². The first kappa shape index (κ1) is 7.70. The highest BCUT2D eigenvalue weighted by Gasteiger charge is 2.28. The van der Waals surface area contributed by atoms with Gasteiger partial charge in [-0.3, -0.25) is 0 Å². The molecule has 0 amide bonds. The van der Waals surface area contributed by atoms with Gasteiger partial charge in [0.15, 0.2) is 13.1 Å². The summed E-state index contributed by atoms with van der Waals surface area (Å²) in [5, 5.41) is 4.15. The molecule has 2 heteroatoms. The van der Waals surface area contributed by atoms with Crippen LogP contribution >= 0.6 is 0 Å². The minimum atomic E-state index is 0.826. The van der Waals surface area contributed by atoms with E-state index in [1.165, 1.54) is 19.5 Å². The molecular weight excluding hydrogens is 124 g/mol. The molecule has 0 spiro atoms. The van der Waals surface area contributed by atoms with Gasteiger partial charge in [0, 0.05) is 12.3 Å². The third kappa shape index (κ3) is 1.55. The molecule has 1 aliphatic heterocycles. The molecule has 0 saturated carbocycles. The molecule has 10 heavy (non-hydrogen) atoms. The first-order chi connectivity index (χ1) is 4.74. The predicted molar refractivity (Wildman–Crippen MR) is 41.3 cm³/mol. The molecule has 0 N–H and O–H groups in total. The molecule has 2 nitrogen and oxygen atoms in total. The summed E-state index contributed by atoms with van der Waals surface area (Å²) in [6.45, 7) is 6.93. The zero-order valence-electron chi connectivity index (χ0n) is 7.17. The van der Waals surface area contributed by atoms with E-state index in [1.807, 2.05) is 7.05 Å². The molecule has 0 bridgehead atoms. The number of azo groups is 2. The van der Waals surface area contributed by atoms with Crippen LogP contribution in [-0.2, 0) is 0 Å². The van der Waals surface area contributed by atoms with Gasteiger partial charge in [-0.15, -0.1) is 4.70 Å². The van der Waals surface area contributed by atoms with Crippen molar-refractivity contribution in [3.05, 3.63) is 0 Å². The van der Waals surface area contributed by atoms with Crippen LogP contribution in [0.5, 0.6) is 0 Å². The Morgan fingerprint density at radius 3 is 2.50 bits per heavy atom. The Balaban J connectivity index is 2.43. The highest BCUT2D eigenvalue weighted by Crippen LogP contribution is 2.20. The van der Waals surface area contributed by atoms with Crippen LogP contribution in [0.3, 0.4) is 0 Å². The lowest BCUT2D eigenvalue weighted by molar-refractivity contribution is -0.576. The molecule has 0 aliphatic carbocycles. The molecule has 0 aromatic carbocycles. The summed E-state index contributed by atoms with van der Waals surface area (Å²) in [7, 11) is 1.88. The molecule has 58 valence electrons. The molecule has 1 rings (SSSR count). The van der Waals surface area contributed by atoms with Crippen LogP contribution in [0.1, 0.15) is 20.3 Å². The van der Waals surface area contributed by atoms with Crippen LogP contribution in [0.2, 0.25) is 0 Å². The maximum atomic E-state index is 4.15. The molecule has 1 aliphatic rings. The summed E-state index contributed by atoms with van der Waals surface area (Å²) in [6, 6.07) is 0. The van der Waals surface area contributed by atoms with Gasteiger partial charge in [0.1, 0.15) is 0 Å². The van der Waals surface area contributed by atoms with E-state index in [1.54, 1.807) is 0 Å². The van der Waals surface area contributed by atoms with Gasteiger partial charge in [-0.2, -0.15) is 0 Å². The summed E-state index contributed by atoms with van der Waals surface area (Å²) < 4.78 is 2.17. The van der Waals surface area contributed by atoms with Gasteiger partial charge in [0.25, 0.3) is 0 Å². The molecule has 0 radical (unpaired) electrons. The molecule has 1 saturated heterocycles. The summed E-state index contributed by atoms with van der Waals surface area (Å²) in [5.41, 5.74) is 0. The number of hydrogen-bond donors (Lipinski definition) is 0. The molecule has 1 atom stereocenters. The lowest BCUT2D eigenvalue weighted by atomic mass is 9.96.